The highest BCUT2D eigenvalue weighted by Gasteiger charge is 2.17. The monoisotopic (exact) mass is 371 g/mol. The van der Waals surface area contributed by atoms with E-state index in [2.05, 4.69) is 27.3 Å². The van der Waals surface area contributed by atoms with Gasteiger partial charge in [-0.25, -0.2) is 17.5 Å². The van der Waals surface area contributed by atoms with Crippen molar-refractivity contribution in [1.29, 1.82) is 0 Å². The molecule has 0 saturated carbocycles. The Bertz CT molecular complexity index is 451. The number of hydrogen-bond acceptors (Lipinski definition) is 2. The van der Waals surface area contributed by atoms with E-state index in [1.54, 1.807) is 0 Å². The van der Waals surface area contributed by atoms with E-state index in [0.717, 1.165) is 29.8 Å². The van der Waals surface area contributed by atoms with E-state index in [9.17, 15) is 12.8 Å². The van der Waals surface area contributed by atoms with Crippen LogP contribution in [0.5, 0.6) is 0 Å². The first-order valence-corrected chi connectivity index (χ1v) is 8.39. The number of benzene rings is 1. The molecule has 0 heterocycles. The summed E-state index contributed by atoms with van der Waals surface area (Å²) in [5.74, 6) is -0.715. The molecule has 0 fully saturated rings. The van der Waals surface area contributed by atoms with E-state index in [1.807, 2.05) is 0 Å². The van der Waals surface area contributed by atoms with Crippen molar-refractivity contribution in [2.24, 2.45) is 0 Å². The third kappa shape index (κ3) is 4.89. The highest BCUT2D eigenvalue weighted by molar-refractivity contribution is 14.1. The van der Waals surface area contributed by atoms with Gasteiger partial charge in [0.05, 0.1) is 0 Å². The minimum atomic E-state index is -3.71. The Morgan fingerprint density at radius 1 is 1.18 bits per heavy atom. The van der Waals surface area contributed by atoms with Crippen LogP contribution in [0.3, 0.4) is 0 Å². The third-order valence-corrected chi connectivity index (χ3v) is 4.49. The smallest absolute Gasteiger partial charge is 0.211 e. The normalized spacial score (nSPS) is 11.6. The van der Waals surface area contributed by atoms with E-state index in [0.29, 0.717) is 6.54 Å². The summed E-state index contributed by atoms with van der Waals surface area (Å²) in [6, 6.07) is 5.38. The molecule has 0 aliphatic carbocycles. The number of nitrogens with one attached hydrogen (secondary N) is 1. The average Bonchev–Trinajstić information content (AvgIpc) is 2.29. The van der Waals surface area contributed by atoms with Gasteiger partial charge in [0.1, 0.15) is 10.7 Å². The Labute approximate surface area is 115 Å². The maximum Gasteiger partial charge on any atom is 0.243 e. The zero-order chi connectivity index (χ0) is 12.7. The molecule has 0 bridgehead atoms. The fourth-order valence-electron chi connectivity index (χ4n) is 1.34. The topological polar surface area (TPSA) is 46.2 Å². The molecule has 1 N–H and O–H groups in total. The molecule has 3 nitrogen and oxygen atoms in total. The Morgan fingerprint density at radius 2 is 1.88 bits per heavy atom. The van der Waals surface area contributed by atoms with Crippen LogP contribution < -0.4 is 4.72 Å². The van der Waals surface area contributed by atoms with Crippen LogP contribution in [0.2, 0.25) is 0 Å². The standard InChI is InChI=1S/C11H15FINO2S/c12-10-6-2-3-7-11(10)17(15,16)14-9-5-1-4-8-13/h2-3,6-7,14H,1,4-5,8-9H2. The minimum Gasteiger partial charge on any atom is -0.211 e. The van der Waals surface area contributed by atoms with Crippen LogP contribution >= 0.6 is 22.6 Å². The number of hydrogen-bond donors (Lipinski definition) is 1. The van der Waals surface area contributed by atoms with Crippen LogP contribution in [0.15, 0.2) is 29.2 Å². The van der Waals surface area contributed by atoms with Crippen molar-refractivity contribution in [3.8, 4) is 0 Å². The summed E-state index contributed by atoms with van der Waals surface area (Å²) < 4.78 is 40.2. The highest BCUT2D eigenvalue weighted by Crippen LogP contribution is 2.13. The first-order valence-electron chi connectivity index (χ1n) is 5.38. The lowest BCUT2D eigenvalue weighted by Gasteiger charge is -2.07. The minimum absolute atomic E-state index is 0.283. The Kier molecular flexibility index (Phi) is 6.35. The number of rotatable bonds is 7. The van der Waals surface area contributed by atoms with E-state index in [4.69, 9.17) is 0 Å². The molecule has 0 aliphatic rings. The summed E-state index contributed by atoms with van der Waals surface area (Å²) in [6.45, 7) is 0.354. The summed E-state index contributed by atoms with van der Waals surface area (Å²) in [6.07, 6.45) is 2.82. The molecule has 0 amide bonds. The van der Waals surface area contributed by atoms with Gasteiger partial charge in [0, 0.05) is 6.54 Å². The number of sulfonamides is 1. The third-order valence-electron chi connectivity index (χ3n) is 2.23. The van der Waals surface area contributed by atoms with Crippen LogP contribution in [0.25, 0.3) is 0 Å². The largest absolute Gasteiger partial charge is 0.243 e. The summed E-state index contributed by atoms with van der Waals surface area (Å²) in [4.78, 5) is -0.283. The van der Waals surface area contributed by atoms with Gasteiger partial charge in [-0.15, -0.1) is 0 Å². The Balaban J connectivity index is 2.55. The maximum atomic E-state index is 13.3. The molecule has 6 heteroatoms. The van der Waals surface area contributed by atoms with Crippen molar-refractivity contribution in [3.05, 3.63) is 30.1 Å². The van der Waals surface area contributed by atoms with Gasteiger partial charge >= 0.3 is 0 Å². The van der Waals surface area contributed by atoms with E-state index in [-0.39, 0.29) is 4.90 Å². The zero-order valence-electron chi connectivity index (χ0n) is 9.33. The molecule has 1 aromatic rings. The maximum absolute atomic E-state index is 13.3. The molecule has 0 saturated heterocycles. The quantitative estimate of drug-likeness (QED) is 0.455. The van der Waals surface area contributed by atoms with Gasteiger partial charge in [-0.3, -0.25) is 0 Å². The van der Waals surface area contributed by atoms with Gasteiger partial charge in [-0.2, -0.15) is 0 Å². The van der Waals surface area contributed by atoms with Crippen molar-refractivity contribution in [2.75, 3.05) is 11.0 Å². The summed E-state index contributed by atoms with van der Waals surface area (Å²) in [5, 5.41) is 0. The molecular formula is C11H15FINO2S. The molecule has 1 rings (SSSR count). The van der Waals surface area contributed by atoms with E-state index >= 15 is 0 Å². The fourth-order valence-corrected chi connectivity index (χ4v) is 3.03. The van der Waals surface area contributed by atoms with Crippen molar-refractivity contribution in [2.45, 2.75) is 24.2 Å². The lowest BCUT2D eigenvalue weighted by Crippen LogP contribution is -2.25. The fraction of sp³-hybridized carbons (Fsp3) is 0.455. The molecule has 0 aliphatic heterocycles. The molecule has 1 aromatic carbocycles. The van der Waals surface area contributed by atoms with Gasteiger partial charge in [0.2, 0.25) is 10.0 Å². The lowest BCUT2D eigenvalue weighted by molar-refractivity contribution is 0.554. The first-order chi connectivity index (χ1) is 8.08. The van der Waals surface area contributed by atoms with Crippen molar-refractivity contribution < 1.29 is 12.8 Å². The van der Waals surface area contributed by atoms with E-state index in [1.165, 1.54) is 18.2 Å². The molecule has 0 atom stereocenters. The Hall–Kier alpha value is -0.210. The number of alkyl halides is 1. The molecule has 0 aromatic heterocycles. The van der Waals surface area contributed by atoms with Gasteiger partial charge in [-0.05, 0) is 29.4 Å². The Morgan fingerprint density at radius 3 is 2.53 bits per heavy atom. The van der Waals surface area contributed by atoms with Crippen LogP contribution in [0.4, 0.5) is 4.39 Å². The van der Waals surface area contributed by atoms with Crippen LogP contribution in [-0.4, -0.2) is 19.4 Å². The highest BCUT2D eigenvalue weighted by atomic mass is 127. The van der Waals surface area contributed by atoms with Gasteiger partial charge < -0.3 is 0 Å². The predicted octanol–water partition coefficient (Wildman–Crippen LogP) is 2.71. The van der Waals surface area contributed by atoms with Crippen LogP contribution in [0.1, 0.15) is 19.3 Å². The van der Waals surface area contributed by atoms with Crippen LogP contribution in [0, 0.1) is 5.82 Å². The van der Waals surface area contributed by atoms with Crippen molar-refractivity contribution in [1.82, 2.24) is 4.72 Å². The summed E-state index contributed by atoms with van der Waals surface area (Å²) >= 11 is 2.28. The van der Waals surface area contributed by atoms with Crippen molar-refractivity contribution >= 4 is 32.6 Å². The second-order valence-corrected chi connectivity index (χ2v) is 6.39. The molecule has 0 unspecified atom stereocenters. The summed E-state index contributed by atoms with van der Waals surface area (Å²) in [5.41, 5.74) is 0. The number of unbranched alkanes of at least 4 members (excludes halogenated alkanes) is 2. The second kappa shape index (κ2) is 7.27. The second-order valence-electron chi connectivity index (χ2n) is 3.58. The molecular weight excluding hydrogens is 356 g/mol. The lowest BCUT2D eigenvalue weighted by atomic mass is 10.3. The number of halogens is 2. The van der Waals surface area contributed by atoms with Gasteiger partial charge in [0.15, 0.2) is 0 Å². The molecule has 17 heavy (non-hydrogen) atoms. The molecule has 0 spiro atoms. The SMILES string of the molecule is O=S(=O)(NCCCCCI)c1ccccc1F. The van der Waals surface area contributed by atoms with Crippen LogP contribution in [-0.2, 0) is 10.0 Å². The van der Waals surface area contributed by atoms with E-state index < -0.39 is 15.8 Å². The summed E-state index contributed by atoms with van der Waals surface area (Å²) in [7, 11) is -3.71. The predicted molar refractivity (Wildman–Crippen MR) is 74.3 cm³/mol. The zero-order valence-corrected chi connectivity index (χ0v) is 12.3. The molecule has 0 radical (unpaired) electrons. The van der Waals surface area contributed by atoms with Gasteiger partial charge in [0.25, 0.3) is 0 Å². The average molecular weight is 371 g/mol. The molecule has 96 valence electrons. The van der Waals surface area contributed by atoms with Crippen molar-refractivity contribution in [3.63, 3.8) is 0 Å². The first kappa shape index (κ1) is 14.8. The van der Waals surface area contributed by atoms with Gasteiger partial charge in [-0.1, -0.05) is 41.1 Å².